The van der Waals surface area contributed by atoms with Gasteiger partial charge in [-0.15, -0.1) is 0 Å². The van der Waals surface area contributed by atoms with E-state index in [-0.39, 0.29) is 35.5 Å². The van der Waals surface area contributed by atoms with Crippen LogP contribution in [0.1, 0.15) is 47.2 Å². The van der Waals surface area contributed by atoms with Crippen LogP contribution in [0.4, 0.5) is 4.39 Å². The van der Waals surface area contributed by atoms with Crippen LogP contribution in [-0.2, 0) is 22.5 Å². The fourth-order valence-corrected chi connectivity index (χ4v) is 8.35. The molecule has 7 rings (SSSR count). The van der Waals surface area contributed by atoms with E-state index < -0.39 is 58.0 Å². The van der Waals surface area contributed by atoms with Crippen LogP contribution in [0.2, 0.25) is 0 Å². The number of likely N-dealkylation sites (N-methyl/N-ethyl adjacent to an activating group) is 1. The van der Waals surface area contributed by atoms with Crippen molar-refractivity contribution in [2.75, 3.05) is 27.2 Å². The molecule has 3 aliphatic carbocycles. The highest BCUT2D eigenvalue weighted by Crippen LogP contribution is 2.68. The largest absolute Gasteiger partial charge is 0.510 e. The Kier molecular flexibility index (Phi) is 6.50. The normalized spacial score (nSPS) is 31.4. The standard InChI is InChI=1S/C33H36FN3O7/c1-36(2)27-21-14-17-13-20-19(16-6-8-22(34)18(12-16)15-37-10-4-3-5-11-37)7-9-23(38)25(20)28(39)24(17)30(41)32(21)33(43,44-32)26(29(27)40)31(35)42/h6-9,12,17,21,27,38,40-41,43H,3-5,10-11,13-15H2,1-2H3,(H2,35,42)/t17-,21-,27-,32-,33?/m0/s1. The molecule has 2 heterocycles. The number of phenols is 1. The van der Waals surface area contributed by atoms with Crippen molar-refractivity contribution in [3.8, 4) is 16.9 Å². The number of nitrogens with two attached hydrogens (primary N) is 1. The number of hydrogen-bond acceptors (Lipinski definition) is 9. The third kappa shape index (κ3) is 3.86. The van der Waals surface area contributed by atoms with Gasteiger partial charge in [0.2, 0.25) is 5.79 Å². The van der Waals surface area contributed by atoms with E-state index in [1.54, 1.807) is 37.2 Å². The maximum Gasteiger partial charge on any atom is 0.253 e. The molecule has 0 saturated carbocycles. The number of aromatic hydroxyl groups is 1. The summed E-state index contributed by atoms with van der Waals surface area (Å²) in [4.78, 5) is 30.4. The zero-order chi connectivity index (χ0) is 31.3. The number of rotatable bonds is 5. The number of carbonyl (C=O) groups is 2. The van der Waals surface area contributed by atoms with Gasteiger partial charge in [0, 0.05) is 23.6 Å². The lowest BCUT2D eigenvalue weighted by atomic mass is 9.60. The minimum Gasteiger partial charge on any atom is -0.510 e. The summed E-state index contributed by atoms with van der Waals surface area (Å²) in [6.07, 6.45) is 3.79. The predicted octanol–water partition coefficient (Wildman–Crippen LogP) is 3.07. The van der Waals surface area contributed by atoms with Gasteiger partial charge in [0.15, 0.2) is 11.4 Å². The molecule has 6 N–H and O–H groups in total. The summed E-state index contributed by atoms with van der Waals surface area (Å²) in [5, 5.41) is 45.2. The summed E-state index contributed by atoms with van der Waals surface area (Å²) >= 11 is 0. The third-order valence-corrected chi connectivity index (χ3v) is 10.3. The highest BCUT2D eigenvalue weighted by molar-refractivity contribution is 6.14. The van der Waals surface area contributed by atoms with Gasteiger partial charge in [0.05, 0.1) is 11.6 Å². The molecule has 10 nitrogen and oxygen atoms in total. The molecular formula is C33H36FN3O7. The Labute approximate surface area is 253 Å². The molecule has 0 radical (unpaired) electrons. The summed E-state index contributed by atoms with van der Waals surface area (Å²) in [5.74, 6) is -6.94. The summed E-state index contributed by atoms with van der Waals surface area (Å²) < 4.78 is 20.7. The Morgan fingerprint density at radius 3 is 2.55 bits per heavy atom. The van der Waals surface area contributed by atoms with E-state index in [4.69, 9.17) is 10.5 Å². The minimum absolute atomic E-state index is 0.00950. The van der Waals surface area contributed by atoms with E-state index in [2.05, 4.69) is 4.90 Å². The summed E-state index contributed by atoms with van der Waals surface area (Å²) in [6, 6.07) is 7.19. The SMILES string of the molecule is CN(C)[C@@H]1C(O)=C(C(N)=O)C2(O)O[C@@]23C(O)=C2C(=O)c4c(O)ccc(-c5ccc(F)c(CN6CCCCC6)c5)c4C[C@H]2C[C@@H]13. The van der Waals surface area contributed by atoms with Crippen molar-refractivity contribution >= 4 is 11.7 Å². The van der Waals surface area contributed by atoms with Crippen LogP contribution in [0.25, 0.3) is 11.1 Å². The molecule has 2 aliphatic heterocycles. The Hall–Kier alpha value is -3.77. The second-order valence-electron chi connectivity index (χ2n) is 13.0. The van der Waals surface area contributed by atoms with Gasteiger partial charge in [-0.3, -0.25) is 19.4 Å². The first kappa shape index (κ1) is 29.0. The van der Waals surface area contributed by atoms with Gasteiger partial charge in [-0.1, -0.05) is 18.6 Å². The molecule has 232 valence electrons. The number of primary amides is 1. The van der Waals surface area contributed by atoms with Gasteiger partial charge in [0.1, 0.15) is 28.7 Å². The number of ether oxygens (including phenoxy) is 1. The average molecular weight is 606 g/mol. The van der Waals surface area contributed by atoms with Crippen LogP contribution >= 0.6 is 0 Å². The van der Waals surface area contributed by atoms with E-state index >= 15 is 0 Å². The number of piperidine rings is 1. The summed E-state index contributed by atoms with van der Waals surface area (Å²) in [5.41, 5.74) is 5.65. The number of Topliss-reactive ketones (excluding diaryl/α,β-unsaturated/α-hetero) is 1. The highest BCUT2D eigenvalue weighted by Gasteiger charge is 2.84. The van der Waals surface area contributed by atoms with Crippen molar-refractivity contribution in [1.29, 1.82) is 0 Å². The number of carbonyl (C=O) groups excluding carboxylic acids is 2. The zero-order valence-corrected chi connectivity index (χ0v) is 24.6. The molecule has 44 heavy (non-hydrogen) atoms. The van der Waals surface area contributed by atoms with E-state index in [1.165, 1.54) is 18.6 Å². The van der Waals surface area contributed by atoms with Crippen molar-refractivity contribution in [2.24, 2.45) is 17.6 Å². The van der Waals surface area contributed by atoms with E-state index in [0.717, 1.165) is 25.9 Å². The average Bonchev–Trinajstić information content (AvgIpc) is 3.60. The van der Waals surface area contributed by atoms with Crippen molar-refractivity contribution in [3.05, 3.63) is 75.5 Å². The smallest absolute Gasteiger partial charge is 0.253 e. The molecule has 2 saturated heterocycles. The topological polar surface area (TPSA) is 160 Å². The molecule has 1 unspecified atom stereocenters. The van der Waals surface area contributed by atoms with E-state index in [9.17, 15) is 34.4 Å². The molecule has 2 aromatic carbocycles. The summed E-state index contributed by atoms with van der Waals surface area (Å²) in [7, 11) is 3.37. The molecule has 0 bridgehead atoms. The Balaban J connectivity index is 1.33. The molecule has 0 aromatic heterocycles. The van der Waals surface area contributed by atoms with Gasteiger partial charge in [-0.05, 0) is 93.7 Å². The lowest BCUT2D eigenvalue weighted by Crippen LogP contribution is -2.57. The number of nitrogens with zero attached hydrogens (tertiary/aromatic N) is 2. The van der Waals surface area contributed by atoms with Crippen molar-refractivity contribution in [1.82, 2.24) is 9.80 Å². The second kappa shape index (κ2) is 9.87. The third-order valence-electron chi connectivity index (χ3n) is 10.3. The number of benzene rings is 2. The van der Waals surface area contributed by atoms with Crippen LogP contribution in [-0.4, -0.2) is 86.5 Å². The van der Waals surface area contributed by atoms with Crippen LogP contribution in [0.3, 0.4) is 0 Å². The number of halogens is 1. The van der Waals surface area contributed by atoms with Crippen LogP contribution in [0, 0.1) is 17.7 Å². The molecular weight excluding hydrogens is 569 g/mol. The number of aliphatic hydroxyl groups is 3. The number of aliphatic hydroxyl groups excluding tert-OH is 2. The lowest BCUT2D eigenvalue weighted by Gasteiger charge is -2.46. The predicted molar refractivity (Wildman–Crippen MR) is 157 cm³/mol. The monoisotopic (exact) mass is 605 g/mol. The maximum absolute atomic E-state index is 15.0. The van der Waals surface area contributed by atoms with Gasteiger partial charge in [-0.25, -0.2) is 4.39 Å². The quantitative estimate of drug-likeness (QED) is 0.323. The molecule has 2 fully saturated rings. The van der Waals surface area contributed by atoms with Crippen molar-refractivity contribution in [2.45, 2.75) is 56.1 Å². The molecule has 1 spiro atoms. The van der Waals surface area contributed by atoms with Crippen LogP contribution in [0.5, 0.6) is 5.75 Å². The number of phenolic OH excluding ortho intramolecular Hbond substituents is 1. The Morgan fingerprint density at radius 2 is 1.86 bits per heavy atom. The fourth-order valence-electron chi connectivity index (χ4n) is 8.35. The lowest BCUT2D eigenvalue weighted by molar-refractivity contribution is -0.117. The number of ketones is 1. The zero-order valence-electron chi connectivity index (χ0n) is 24.6. The first-order valence-electron chi connectivity index (χ1n) is 15.1. The maximum atomic E-state index is 15.0. The molecule has 5 atom stereocenters. The number of hydrogen-bond donors (Lipinski definition) is 5. The molecule has 1 amide bonds. The second-order valence-corrected chi connectivity index (χ2v) is 13.0. The van der Waals surface area contributed by atoms with Crippen molar-refractivity contribution < 1.29 is 39.1 Å². The number of allylic oxidation sites excluding steroid dienone is 1. The number of likely N-dealkylation sites (tertiary alicyclic amines) is 1. The van der Waals surface area contributed by atoms with Crippen molar-refractivity contribution in [3.63, 3.8) is 0 Å². The van der Waals surface area contributed by atoms with Gasteiger partial charge >= 0.3 is 0 Å². The van der Waals surface area contributed by atoms with Gasteiger partial charge < -0.3 is 30.9 Å². The van der Waals surface area contributed by atoms with Gasteiger partial charge in [-0.2, -0.15) is 0 Å². The summed E-state index contributed by atoms with van der Waals surface area (Å²) in [6.45, 7) is 2.30. The molecule has 11 heteroatoms. The first-order chi connectivity index (χ1) is 20.9. The van der Waals surface area contributed by atoms with E-state index in [1.807, 2.05) is 0 Å². The fraction of sp³-hybridized carbons (Fsp3) is 0.455. The van der Waals surface area contributed by atoms with Crippen LogP contribution in [0.15, 0.2) is 53.0 Å². The Morgan fingerprint density at radius 1 is 1.14 bits per heavy atom. The number of epoxide rings is 1. The molecule has 5 aliphatic rings. The number of amides is 1. The first-order valence-corrected chi connectivity index (χ1v) is 15.1. The van der Waals surface area contributed by atoms with E-state index in [0.29, 0.717) is 28.8 Å². The van der Waals surface area contributed by atoms with Crippen LogP contribution < -0.4 is 5.73 Å². The Bertz CT molecular complexity index is 1680. The highest BCUT2D eigenvalue weighted by atomic mass is 19.1. The molecule has 2 aromatic rings. The minimum atomic E-state index is -2.40. The van der Waals surface area contributed by atoms with Gasteiger partial charge in [0.25, 0.3) is 5.91 Å². The number of fused-ring (bicyclic) bond motifs is 2.